The summed E-state index contributed by atoms with van der Waals surface area (Å²) in [4.78, 5) is 11.6. The molecule has 17 heavy (non-hydrogen) atoms. The number of carbonyl (C=O) groups is 1. The number of ether oxygens (including phenoxy) is 1. The normalized spacial score (nSPS) is 27.4. The summed E-state index contributed by atoms with van der Waals surface area (Å²) < 4.78 is 5.27. The van der Waals surface area contributed by atoms with Gasteiger partial charge in [0.1, 0.15) is 5.60 Å². The third kappa shape index (κ3) is 5.42. The molecule has 1 amide bonds. The Morgan fingerprint density at radius 3 is 2.24 bits per heavy atom. The lowest BCUT2D eigenvalue weighted by Gasteiger charge is -2.31. The smallest absolute Gasteiger partial charge is 0.407 e. The Labute approximate surface area is 105 Å². The fourth-order valence-electron chi connectivity index (χ4n) is 2.40. The quantitative estimate of drug-likeness (QED) is 0.800. The fourth-order valence-corrected chi connectivity index (χ4v) is 2.40. The van der Waals surface area contributed by atoms with Gasteiger partial charge < -0.3 is 10.1 Å². The van der Waals surface area contributed by atoms with Crippen molar-refractivity contribution in [3.05, 3.63) is 0 Å². The van der Waals surface area contributed by atoms with Gasteiger partial charge in [0.05, 0.1) is 0 Å². The molecule has 0 spiro atoms. The van der Waals surface area contributed by atoms with Crippen LogP contribution in [0.15, 0.2) is 0 Å². The van der Waals surface area contributed by atoms with Gasteiger partial charge in [0, 0.05) is 6.04 Å². The molecule has 1 N–H and O–H groups in total. The summed E-state index contributed by atoms with van der Waals surface area (Å²) in [5, 5.41) is 2.96. The van der Waals surface area contributed by atoms with Gasteiger partial charge in [-0.3, -0.25) is 0 Å². The first kappa shape index (κ1) is 14.3. The molecule has 0 saturated heterocycles. The van der Waals surface area contributed by atoms with Crippen molar-refractivity contribution in [2.24, 2.45) is 11.8 Å². The molecule has 0 aliphatic heterocycles. The number of rotatable bonds is 2. The van der Waals surface area contributed by atoms with E-state index in [0.29, 0.717) is 5.92 Å². The average Bonchev–Trinajstić information content (AvgIpc) is 2.15. The van der Waals surface area contributed by atoms with Crippen LogP contribution in [0.1, 0.15) is 60.3 Å². The summed E-state index contributed by atoms with van der Waals surface area (Å²) >= 11 is 0. The molecule has 1 unspecified atom stereocenters. The molecule has 1 aliphatic carbocycles. The largest absolute Gasteiger partial charge is 0.444 e. The van der Waals surface area contributed by atoms with Gasteiger partial charge in [-0.15, -0.1) is 0 Å². The minimum Gasteiger partial charge on any atom is -0.444 e. The van der Waals surface area contributed by atoms with Crippen LogP contribution in [0.25, 0.3) is 0 Å². The molecule has 1 aliphatic rings. The van der Waals surface area contributed by atoms with Crippen LogP contribution in [-0.2, 0) is 4.74 Å². The van der Waals surface area contributed by atoms with Crippen molar-refractivity contribution in [1.82, 2.24) is 5.32 Å². The second-order valence-corrected chi connectivity index (χ2v) is 6.45. The Balaban J connectivity index is 2.33. The maximum Gasteiger partial charge on any atom is 0.407 e. The monoisotopic (exact) mass is 241 g/mol. The highest BCUT2D eigenvalue weighted by atomic mass is 16.6. The summed E-state index contributed by atoms with van der Waals surface area (Å²) in [6, 6.07) is 0.220. The van der Waals surface area contributed by atoms with E-state index in [0.717, 1.165) is 5.92 Å². The molecule has 1 rings (SSSR count). The Morgan fingerprint density at radius 2 is 1.76 bits per heavy atom. The van der Waals surface area contributed by atoms with Crippen LogP contribution in [0.5, 0.6) is 0 Å². The molecule has 3 heteroatoms. The highest BCUT2D eigenvalue weighted by Gasteiger charge is 2.25. The minimum absolute atomic E-state index is 0.220. The molecule has 0 aromatic heterocycles. The zero-order valence-electron chi connectivity index (χ0n) is 11.9. The van der Waals surface area contributed by atoms with Gasteiger partial charge in [0.25, 0.3) is 0 Å². The van der Waals surface area contributed by atoms with Crippen LogP contribution in [0.4, 0.5) is 4.79 Å². The predicted molar refractivity (Wildman–Crippen MR) is 70.0 cm³/mol. The fraction of sp³-hybridized carbons (Fsp3) is 0.929. The Morgan fingerprint density at radius 1 is 1.24 bits per heavy atom. The van der Waals surface area contributed by atoms with E-state index in [1.54, 1.807) is 0 Å². The lowest BCUT2D eigenvalue weighted by Crippen LogP contribution is -2.42. The summed E-state index contributed by atoms with van der Waals surface area (Å²) in [7, 11) is 0. The molecule has 1 saturated carbocycles. The van der Waals surface area contributed by atoms with Crippen molar-refractivity contribution < 1.29 is 9.53 Å². The first-order valence-corrected chi connectivity index (χ1v) is 6.77. The molecule has 0 radical (unpaired) electrons. The van der Waals surface area contributed by atoms with Crippen molar-refractivity contribution in [3.63, 3.8) is 0 Å². The van der Waals surface area contributed by atoms with E-state index in [-0.39, 0.29) is 12.1 Å². The first-order valence-electron chi connectivity index (χ1n) is 6.77. The van der Waals surface area contributed by atoms with Crippen LogP contribution >= 0.6 is 0 Å². The van der Waals surface area contributed by atoms with E-state index in [1.165, 1.54) is 25.7 Å². The van der Waals surface area contributed by atoms with Gasteiger partial charge in [0.15, 0.2) is 0 Å². The molecule has 1 atom stereocenters. The molecule has 0 aromatic rings. The van der Waals surface area contributed by atoms with Crippen molar-refractivity contribution in [1.29, 1.82) is 0 Å². The third-order valence-electron chi connectivity index (χ3n) is 3.51. The Hall–Kier alpha value is -0.730. The predicted octanol–water partition coefficient (Wildman–Crippen LogP) is 3.73. The van der Waals surface area contributed by atoms with Gasteiger partial charge in [-0.2, -0.15) is 0 Å². The molecule has 0 heterocycles. The van der Waals surface area contributed by atoms with Crippen LogP contribution in [-0.4, -0.2) is 17.7 Å². The second kappa shape index (κ2) is 5.74. The van der Waals surface area contributed by atoms with E-state index < -0.39 is 5.60 Å². The van der Waals surface area contributed by atoms with E-state index in [1.807, 2.05) is 20.8 Å². The zero-order valence-corrected chi connectivity index (χ0v) is 11.9. The summed E-state index contributed by atoms with van der Waals surface area (Å²) in [5.74, 6) is 1.46. The van der Waals surface area contributed by atoms with Gasteiger partial charge in [-0.05, 0) is 52.4 Å². The van der Waals surface area contributed by atoms with E-state index in [4.69, 9.17) is 4.74 Å². The SMILES string of the molecule is CC1CCC(C(C)NC(=O)OC(C)(C)C)CC1. The maximum absolute atomic E-state index is 11.6. The number of alkyl carbamates (subject to hydrolysis) is 1. The van der Waals surface area contributed by atoms with E-state index in [9.17, 15) is 4.79 Å². The first-order chi connectivity index (χ1) is 7.78. The molecule has 0 bridgehead atoms. The van der Waals surface area contributed by atoms with Crippen molar-refractivity contribution in [3.8, 4) is 0 Å². The number of hydrogen-bond donors (Lipinski definition) is 1. The van der Waals surface area contributed by atoms with Gasteiger partial charge in [-0.1, -0.05) is 19.8 Å². The molecule has 3 nitrogen and oxygen atoms in total. The Kier molecular flexibility index (Phi) is 4.84. The van der Waals surface area contributed by atoms with Crippen molar-refractivity contribution >= 4 is 6.09 Å². The standard InChI is InChI=1S/C14H27NO2/c1-10-6-8-12(9-7-10)11(2)15-13(16)17-14(3,4)5/h10-12H,6-9H2,1-5H3,(H,15,16). The highest BCUT2D eigenvalue weighted by molar-refractivity contribution is 5.68. The van der Waals surface area contributed by atoms with Gasteiger partial charge >= 0.3 is 6.09 Å². The van der Waals surface area contributed by atoms with Gasteiger partial charge in [-0.25, -0.2) is 4.79 Å². The molecular formula is C14H27NO2. The number of hydrogen-bond acceptors (Lipinski definition) is 2. The number of nitrogens with one attached hydrogen (secondary N) is 1. The van der Waals surface area contributed by atoms with Crippen LogP contribution in [0, 0.1) is 11.8 Å². The molecular weight excluding hydrogens is 214 g/mol. The Bertz CT molecular complexity index is 249. The van der Waals surface area contributed by atoms with Crippen LogP contribution in [0.3, 0.4) is 0 Å². The number of carbonyl (C=O) groups excluding carboxylic acids is 1. The second-order valence-electron chi connectivity index (χ2n) is 6.45. The molecule has 1 fully saturated rings. The van der Waals surface area contributed by atoms with E-state index in [2.05, 4.69) is 19.2 Å². The highest BCUT2D eigenvalue weighted by Crippen LogP contribution is 2.30. The summed E-state index contributed by atoms with van der Waals surface area (Å²) in [6.07, 6.45) is 4.72. The lowest BCUT2D eigenvalue weighted by atomic mass is 9.80. The summed E-state index contributed by atoms with van der Waals surface area (Å²) in [6.45, 7) is 10.1. The topological polar surface area (TPSA) is 38.3 Å². The van der Waals surface area contributed by atoms with Crippen molar-refractivity contribution in [2.75, 3.05) is 0 Å². The average molecular weight is 241 g/mol. The van der Waals surface area contributed by atoms with Crippen LogP contribution in [0.2, 0.25) is 0 Å². The minimum atomic E-state index is -0.412. The number of amides is 1. The third-order valence-corrected chi connectivity index (χ3v) is 3.51. The van der Waals surface area contributed by atoms with E-state index >= 15 is 0 Å². The molecule has 0 aromatic carbocycles. The summed E-state index contributed by atoms with van der Waals surface area (Å²) in [5.41, 5.74) is -0.412. The molecule has 100 valence electrons. The maximum atomic E-state index is 11.6. The van der Waals surface area contributed by atoms with Gasteiger partial charge in [0.2, 0.25) is 0 Å². The zero-order chi connectivity index (χ0) is 13.1. The van der Waals surface area contributed by atoms with Crippen LogP contribution < -0.4 is 5.32 Å². The lowest BCUT2D eigenvalue weighted by molar-refractivity contribution is 0.0481. The van der Waals surface area contributed by atoms with Crippen molar-refractivity contribution in [2.45, 2.75) is 71.9 Å².